The van der Waals surface area contributed by atoms with E-state index in [2.05, 4.69) is 16.9 Å². The fraction of sp³-hybridized carbons (Fsp3) is 0.636. The average molecular weight is 242 g/mol. The van der Waals surface area contributed by atoms with E-state index in [1.54, 1.807) is 0 Å². The van der Waals surface area contributed by atoms with Gasteiger partial charge in [0.25, 0.3) is 0 Å². The van der Waals surface area contributed by atoms with Crippen LogP contribution >= 0.6 is 11.6 Å². The van der Waals surface area contributed by atoms with Crippen molar-refractivity contribution in [2.24, 2.45) is 5.92 Å². The van der Waals surface area contributed by atoms with Gasteiger partial charge in [-0.2, -0.15) is 4.98 Å². The van der Waals surface area contributed by atoms with E-state index in [4.69, 9.17) is 22.1 Å². The number of halogens is 1. The molecule has 1 fully saturated rings. The minimum Gasteiger partial charge on any atom is -0.473 e. The minimum absolute atomic E-state index is 0.198. The van der Waals surface area contributed by atoms with Crippen LogP contribution in [0.5, 0.6) is 5.88 Å². The Morgan fingerprint density at radius 2 is 2.06 bits per heavy atom. The van der Waals surface area contributed by atoms with Gasteiger partial charge in [-0.05, 0) is 31.6 Å². The lowest BCUT2D eigenvalue weighted by Gasteiger charge is -2.26. The first-order valence-electron chi connectivity index (χ1n) is 5.60. The molecule has 0 bridgehead atoms. The summed E-state index contributed by atoms with van der Waals surface area (Å²) in [6.45, 7) is 2.27. The molecule has 0 atom stereocenters. The van der Waals surface area contributed by atoms with E-state index in [-0.39, 0.29) is 12.1 Å². The van der Waals surface area contributed by atoms with E-state index in [0.29, 0.717) is 10.9 Å². The normalized spacial score (nSPS) is 25.4. The van der Waals surface area contributed by atoms with E-state index < -0.39 is 0 Å². The van der Waals surface area contributed by atoms with Crippen LogP contribution in [-0.4, -0.2) is 16.1 Å². The van der Waals surface area contributed by atoms with Crippen molar-refractivity contribution in [3.63, 3.8) is 0 Å². The second kappa shape index (κ2) is 4.87. The van der Waals surface area contributed by atoms with Crippen LogP contribution in [-0.2, 0) is 0 Å². The Morgan fingerprint density at radius 3 is 2.75 bits per heavy atom. The van der Waals surface area contributed by atoms with Gasteiger partial charge >= 0.3 is 0 Å². The maximum atomic E-state index is 5.94. The van der Waals surface area contributed by atoms with Gasteiger partial charge in [-0.1, -0.05) is 18.5 Å². The summed E-state index contributed by atoms with van der Waals surface area (Å²) in [4.78, 5) is 7.80. The van der Waals surface area contributed by atoms with Gasteiger partial charge in [0, 0.05) is 0 Å². The lowest BCUT2D eigenvalue weighted by molar-refractivity contribution is 0.130. The first kappa shape index (κ1) is 11.5. The molecule has 1 saturated carbocycles. The van der Waals surface area contributed by atoms with Crippen molar-refractivity contribution in [1.29, 1.82) is 0 Å². The number of anilines is 1. The quantitative estimate of drug-likeness (QED) is 0.865. The molecule has 1 aromatic rings. The molecule has 0 radical (unpaired) electrons. The molecular weight excluding hydrogens is 226 g/mol. The Labute approximate surface area is 100 Å². The highest BCUT2D eigenvalue weighted by atomic mass is 35.5. The Morgan fingerprint density at radius 1 is 1.38 bits per heavy atom. The second-order valence-electron chi connectivity index (χ2n) is 4.38. The highest BCUT2D eigenvalue weighted by Crippen LogP contribution is 2.29. The largest absolute Gasteiger partial charge is 0.473 e. The topological polar surface area (TPSA) is 61.0 Å². The molecule has 2 N–H and O–H groups in total. The van der Waals surface area contributed by atoms with Crippen LogP contribution in [0.25, 0.3) is 0 Å². The van der Waals surface area contributed by atoms with Crippen LogP contribution < -0.4 is 10.5 Å². The van der Waals surface area contributed by atoms with E-state index in [1.807, 2.05) is 0 Å². The van der Waals surface area contributed by atoms with Crippen molar-refractivity contribution in [2.45, 2.75) is 38.7 Å². The number of nitrogens with zero attached hydrogens (tertiary/aromatic N) is 2. The third kappa shape index (κ3) is 2.76. The van der Waals surface area contributed by atoms with Crippen LogP contribution in [0.15, 0.2) is 6.20 Å². The summed E-state index contributed by atoms with van der Waals surface area (Å²) in [6.07, 6.45) is 6.20. The number of nitrogen functional groups attached to an aromatic ring is 1. The molecule has 88 valence electrons. The zero-order chi connectivity index (χ0) is 11.5. The standard InChI is InChI=1S/C11H16ClN3O/c1-7-2-4-8(5-3-7)16-10-9(12)6-14-11(13)15-10/h6-8H,2-5H2,1H3,(H2,13,14,15). The number of hydrogen-bond donors (Lipinski definition) is 1. The van der Waals surface area contributed by atoms with Crippen molar-refractivity contribution in [3.05, 3.63) is 11.2 Å². The molecule has 16 heavy (non-hydrogen) atoms. The van der Waals surface area contributed by atoms with E-state index >= 15 is 0 Å². The molecule has 1 aliphatic carbocycles. The fourth-order valence-corrected chi connectivity index (χ4v) is 2.09. The maximum Gasteiger partial charge on any atom is 0.237 e. The molecule has 2 rings (SSSR count). The number of nitrogens with two attached hydrogens (primary N) is 1. The van der Waals surface area contributed by atoms with Crippen molar-refractivity contribution >= 4 is 17.5 Å². The van der Waals surface area contributed by atoms with Gasteiger partial charge in [0.15, 0.2) is 0 Å². The molecular formula is C11H16ClN3O. The van der Waals surface area contributed by atoms with Crippen molar-refractivity contribution in [2.75, 3.05) is 5.73 Å². The summed E-state index contributed by atoms with van der Waals surface area (Å²) >= 11 is 5.94. The predicted octanol–water partition coefficient (Wildman–Crippen LogP) is 2.67. The Balaban J connectivity index is 2.00. The number of rotatable bonds is 2. The maximum absolute atomic E-state index is 5.94. The molecule has 1 aliphatic rings. The second-order valence-corrected chi connectivity index (χ2v) is 4.79. The third-order valence-corrected chi connectivity index (χ3v) is 3.23. The summed E-state index contributed by atoms with van der Waals surface area (Å²) in [5, 5.41) is 0.424. The molecule has 0 amide bonds. The molecule has 1 heterocycles. The summed E-state index contributed by atoms with van der Waals surface area (Å²) in [6, 6.07) is 0. The van der Waals surface area contributed by atoms with E-state index in [1.165, 1.54) is 19.0 Å². The Bertz CT molecular complexity index is 364. The zero-order valence-electron chi connectivity index (χ0n) is 9.32. The molecule has 5 heteroatoms. The van der Waals surface area contributed by atoms with Crippen LogP contribution in [0.3, 0.4) is 0 Å². The molecule has 4 nitrogen and oxygen atoms in total. The van der Waals surface area contributed by atoms with Gasteiger partial charge in [-0.3, -0.25) is 0 Å². The fourth-order valence-electron chi connectivity index (χ4n) is 1.95. The van der Waals surface area contributed by atoms with Crippen molar-refractivity contribution in [3.8, 4) is 5.88 Å². The Kier molecular flexibility index (Phi) is 3.49. The molecule has 1 aromatic heterocycles. The smallest absolute Gasteiger partial charge is 0.237 e. The highest BCUT2D eigenvalue weighted by molar-refractivity contribution is 6.31. The van der Waals surface area contributed by atoms with Crippen LogP contribution in [0.4, 0.5) is 5.95 Å². The highest BCUT2D eigenvalue weighted by Gasteiger charge is 2.21. The van der Waals surface area contributed by atoms with Crippen LogP contribution in [0.2, 0.25) is 5.02 Å². The van der Waals surface area contributed by atoms with Gasteiger partial charge in [-0.25, -0.2) is 4.98 Å². The number of aromatic nitrogens is 2. The minimum atomic E-state index is 0.198. The lowest BCUT2D eigenvalue weighted by atomic mass is 9.89. The van der Waals surface area contributed by atoms with Gasteiger partial charge in [0.2, 0.25) is 11.8 Å². The Hall–Kier alpha value is -1.03. The third-order valence-electron chi connectivity index (χ3n) is 2.97. The van der Waals surface area contributed by atoms with Gasteiger partial charge in [-0.15, -0.1) is 0 Å². The lowest BCUT2D eigenvalue weighted by Crippen LogP contribution is -2.23. The summed E-state index contributed by atoms with van der Waals surface area (Å²) in [7, 11) is 0. The van der Waals surface area contributed by atoms with Crippen LogP contribution in [0.1, 0.15) is 32.6 Å². The molecule has 0 unspecified atom stereocenters. The van der Waals surface area contributed by atoms with Gasteiger partial charge in [0.05, 0.1) is 6.20 Å². The number of hydrogen-bond acceptors (Lipinski definition) is 4. The van der Waals surface area contributed by atoms with E-state index in [9.17, 15) is 0 Å². The van der Waals surface area contributed by atoms with Crippen LogP contribution in [0, 0.1) is 5.92 Å². The first-order chi connectivity index (χ1) is 7.65. The monoisotopic (exact) mass is 241 g/mol. The summed E-state index contributed by atoms with van der Waals surface area (Å²) < 4.78 is 5.75. The molecule has 0 aromatic carbocycles. The van der Waals surface area contributed by atoms with Gasteiger partial charge in [0.1, 0.15) is 11.1 Å². The zero-order valence-corrected chi connectivity index (χ0v) is 10.1. The first-order valence-corrected chi connectivity index (χ1v) is 5.97. The summed E-state index contributed by atoms with van der Waals surface area (Å²) in [5.74, 6) is 1.41. The van der Waals surface area contributed by atoms with Crippen molar-refractivity contribution < 1.29 is 4.74 Å². The van der Waals surface area contributed by atoms with Gasteiger partial charge < -0.3 is 10.5 Å². The van der Waals surface area contributed by atoms with Crippen molar-refractivity contribution in [1.82, 2.24) is 9.97 Å². The summed E-state index contributed by atoms with van der Waals surface area (Å²) in [5.41, 5.74) is 5.49. The molecule has 0 saturated heterocycles. The molecule has 0 spiro atoms. The molecule has 0 aliphatic heterocycles. The average Bonchev–Trinajstić information content (AvgIpc) is 2.27. The predicted molar refractivity (Wildman–Crippen MR) is 63.5 cm³/mol. The number of ether oxygens (including phenoxy) is 1. The van der Waals surface area contributed by atoms with E-state index in [0.717, 1.165) is 18.8 Å². The SMILES string of the molecule is CC1CCC(Oc2nc(N)ncc2Cl)CC1.